The molecule has 4 nitrogen and oxygen atoms in total. The van der Waals surface area contributed by atoms with Crippen LogP contribution in [0, 0.1) is 4.77 Å². The predicted molar refractivity (Wildman–Crippen MR) is 60.5 cm³/mol. The van der Waals surface area contributed by atoms with E-state index in [2.05, 4.69) is 28.6 Å². The van der Waals surface area contributed by atoms with Crippen LogP contribution >= 0.6 is 12.2 Å². The van der Waals surface area contributed by atoms with E-state index in [0.29, 0.717) is 12.1 Å². The molecule has 1 aromatic rings. The van der Waals surface area contributed by atoms with Crippen LogP contribution in [0.15, 0.2) is 0 Å². The highest BCUT2D eigenvalue weighted by atomic mass is 32.1. The molecule has 2 unspecified atom stereocenters. The van der Waals surface area contributed by atoms with Crippen LogP contribution < -0.4 is 0 Å². The number of hydrogen-bond acceptors (Lipinski definition) is 3. The quantitative estimate of drug-likeness (QED) is 0.788. The Morgan fingerprint density at radius 1 is 1.67 bits per heavy atom. The highest BCUT2D eigenvalue weighted by Crippen LogP contribution is 2.26. The average Bonchev–Trinajstić information content (AvgIpc) is 2.59. The van der Waals surface area contributed by atoms with Crippen LogP contribution in [0.1, 0.15) is 38.6 Å². The first kappa shape index (κ1) is 10.8. The third kappa shape index (κ3) is 2.13. The van der Waals surface area contributed by atoms with Crippen molar-refractivity contribution in [1.82, 2.24) is 14.8 Å². The van der Waals surface area contributed by atoms with Gasteiger partial charge in [-0.3, -0.25) is 5.10 Å². The van der Waals surface area contributed by atoms with Gasteiger partial charge in [0, 0.05) is 19.1 Å². The molecule has 0 spiro atoms. The van der Waals surface area contributed by atoms with Crippen LogP contribution in [-0.2, 0) is 11.2 Å². The highest BCUT2D eigenvalue weighted by Gasteiger charge is 2.23. The summed E-state index contributed by atoms with van der Waals surface area (Å²) in [4.78, 5) is 0. The number of rotatable bonds is 2. The second-order valence-electron chi connectivity index (χ2n) is 4.03. The second kappa shape index (κ2) is 4.45. The summed E-state index contributed by atoms with van der Waals surface area (Å²) in [6, 6.07) is 0.454. The van der Waals surface area contributed by atoms with E-state index >= 15 is 0 Å². The molecule has 0 radical (unpaired) electrons. The van der Waals surface area contributed by atoms with Gasteiger partial charge in [0.25, 0.3) is 0 Å². The molecule has 5 heteroatoms. The number of aromatic nitrogens is 3. The average molecular weight is 227 g/mol. The summed E-state index contributed by atoms with van der Waals surface area (Å²) in [6.07, 6.45) is 3.30. The van der Waals surface area contributed by atoms with E-state index in [4.69, 9.17) is 17.0 Å². The Labute approximate surface area is 94.6 Å². The monoisotopic (exact) mass is 227 g/mol. The van der Waals surface area contributed by atoms with Crippen LogP contribution in [0.25, 0.3) is 0 Å². The molecule has 1 saturated heterocycles. The van der Waals surface area contributed by atoms with Crippen LogP contribution in [0.3, 0.4) is 0 Å². The molecule has 84 valence electrons. The smallest absolute Gasteiger partial charge is 0.195 e. The van der Waals surface area contributed by atoms with Gasteiger partial charge in [0.15, 0.2) is 4.77 Å². The number of nitrogens with one attached hydrogen (secondary N) is 1. The van der Waals surface area contributed by atoms with Gasteiger partial charge in [0.1, 0.15) is 5.82 Å². The number of nitrogens with zero attached hydrogens (tertiary/aromatic N) is 2. The first-order chi connectivity index (χ1) is 7.22. The Hall–Kier alpha value is -0.680. The van der Waals surface area contributed by atoms with Crippen molar-refractivity contribution in [3.63, 3.8) is 0 Å². The van der Waals surface area contributed by atoms with Crippen molar-refractivity contribution < 1.29 is 4.74 Å². The Bertz CT molecular complexity index is 384. The fourth-order valence-electron chi connectivity index (χ4n) is 2.17. The van der Waals surface area contributed by atoms with Crippen LogP contribution in [-0.4, -0.2) is 27.5 Å². The van der Waals surface area contributed by atoms with Crippen LogP contribution in [0.2, 0.25) is 0 Å². The van der Waals surface area contributed by atoms with Crippen molar-refractivity contribution in [2.45, 2.75) is 45.3 Å². The van der Waals surface area contributed by atoms with Crippen molar-refractivity contribution in [2.75, 3.05) is 6.61 Å². The van der Waals surface area contributed by atoms with Crippen LogP contribution in [0.5, 0.6) is 0 Å². The summed E-state index contributed by atoms with van der Waals surface area (Å²) in [5.41, 5.74) is 0. The molecule has 1 aliphatic rings. The van der Waals surface area contributed by atoms with E-state index in [0.717, 1.165) is 36.5 Å². The fraction of sp³-hybridized carbons (Fsp3) is 0.800. The Morgan fingerprint density at radius 3 is 3.13 bits per heavy atom. The number of hydrogen-bond donors (Lipinski definition) is 1. The normalized spacial score (nSPS) is 26.8. The maximum absolute atomic E-state index is 5.54. The third-order valence-electron chi connectivity index (χ3n) is 2.92. The number of H-pyrrole nitrogens is 1. The molecular formula is C10H17N3OS. The van der Waals surface area contributed by atoms with Crippen molar-refractivity contribution in [2.24, 2.45) is 0 Å². The molecule has 1 fully saturated rings. The maximum atomic E-state index is 5.54. The molecule has 1 aliphatic heterocycles. The van der Waals surface area contributed by atoms with Crippen LogP contribution in [0.4, 0.5) is 0 Å². The van der Waals surface area contributed by atoms with Gasteiger partial charge in [-0.15, -0.1) is 0 Å². The van der Waals surface area contributed by atoms with Gasteiger partial charge in [0.2, 0.25) is 0 Å². The zero-order valence-electron chi connectivity index (χ0n) is 9.19. The van der Waals surface area contributed by atoms with E-state index in [1.165, 1.54) is 0 Å². The summed E-state index contributed by atoms with van der Waals surface area (Å²) in [5, 5.41) is 7.11. The molecule has 2 rings (SSSR count). The van der Waals surface area contributed by atoms with Gasteiger partial charge in [-0.05, 0) is 32.0 Å². The summed E-state index contributed by atoms with van der Waals surface area (Å²) in [6.45, 7) is 5.04. The molecule has 0 saturated carbocycles. The molecule has 0 aromatic carbocycles. The van der Waals surface area contributed by atoms with Gasteiger partial charge in [-0.1, -0.05) is 6.92 Å². The van der Waals surface area contributed by atoms with Crippen molar-refractivity contribution in [3.05, 3.63) is 10.6 Å². The topological polar surface area (TPSA) is 42.8 Å². The lowest BCUT2D eigenvalue weighted by atomic mass is 10.0. The lowest BCUT2D eigenvalue weighted by Gasteiger charge is -2.28. The van der Waals surface area contributed by atoms with E-state index in [-0.39, 0.29) is 0 Å². The van der Waals surface area contributed by atoms with Gasteiger partial charge in [-0.25, -0.2) is 0 Å². The maximum Gasteiger partial charge on any atom is 0.195 e. The highest BCUT2D eigenvalue weighted by molar-refractivity contribution is 7.71. The van der Waals surface area contributed by atoms with E-state index in [1.807, 2.05) is 0 Å². The van der Waals surface area contributed by atoms with Crippen molar-refractivity contribution in [1.29, 1.82) is 0 Å². The first-order valence-corrected chi connectivity index (χ1v) is 5.90. The van der Waals surface area contributed by atoms with Gasteiger partial charge in [0.05, 0.1) is 6.10 Å². The Balaban J connectivity index is 2.27. The SMILES string of the molecule is CCc1n[nH]c(=S)n1C1CCOC(C)C1. The minimum Gasteiger partial charge on any atom is -0.378 e. The second-order valence-corrected chi connectivity index (χ2v) is 4.41. The Kier molecular flexibility index (Phi) is 3.21. The molecule has 1 N–H and O–H groups in total. The largest absolute Gasteiger partial charge is 0.378 e. The van der Waals surface area contributed by atoms with Crippen molar-refractivity contribution >= 4 is 12.2 Å². The molecule has 1 aromatic heterocycles. The van der Waals surface area contributed by atoms with Crippen molar-refractivity contribution in [3.8, 4) is 0 Å². The summed E-state index contributed by atoms with van der Waals surface area (Å²) in [5.74, 6) is 1.05. The van der Waals surface area contributed by atoms with Gasteiger partial charge < -0.3 is 9.30 Å². The summed E-state index contributed by atoms with van der Waals surface area (Å²) in [7, 11) is 0. The number of aryl methyl sites for hydroxylation is 1. The lowest BCUT2D eigenvalue weighted by Crippen LogP contribution is -2.26. The van der Waals surface area contributed by atoms with E-state index < -0.39 is 0 Å². The number of aromatic amines is 1. The third-order valence-corrected chi connectivity index (χ3v) is 3.20. The summed E-state index contributed by atoms with van der Waals surface area (Å²) >= 11 is 5.26. The summed E-state index contributed by atoms with van der Waals surface area (Å²) < 4.78 is 8.44. The molecule has 2 atom stereocenters. The van der Waals surface area contributed by atoms with E-state index in [1.54, 1.807) is 0 Å². The fourth-order valence-corrected chi connectivity index (χ4v) is 2.47. The van der Waals surface area contributed by atoms with Gasteiger partial charge >= 0.3 is 0 Å². The molecular weight excluding hydrogens is 210 g/mol. The first-order valence-electron chi connectivity index (χ1n) is 5.49. The zero-order chi connectivity index (χ0) is 10.8. The molecule has 0 amide bonds. The number of ether oxygens (including phenoxy) is 1. The standard InChI is InChI=1S/C10H17N3OS/c1-3-9-11-12-10(15)13(9)8-4-5-14-7(2)6-8/h7-8H,3-6H2,1-2H3,(H,12,15). The zero-order valence-corrected chi connectivity index (χ0v) is 10.0. The lowest BCUT2D eigenvalue weighted by molar-refractivity contribution is 0.00514. The molecule has 0 bridgehead atoms. The molecule has 0 aliphatic carbocycles. The minimum atomic E-state index is 0.324. The van der Waals surface area contributed by atoms with Gasteiger partial charge in [-0.2, -0.15) is 5.10 Å². The molecule has 15 heavy (non-hydrogen) atoms. The van der Waals surface area contributed by atoms with E-state index in [9.17, 15) is 0 Å². The minimum absolute atomic E-state index is 0.324. The Morgan fingerprint density at radius 2 is 2.47 bits per heavy atom. The predicted octanol–water partition coefficient (Wildman–Crippen LogP) is 2.24. The molecule has 2 heterocycles.